The van der Waals surface area contributed by atoms with Gasteiger partial charge in [0, 0.05) is 11.1 Å². The minimum absolute atomic E-state index is 0.00437. The first kappa shape index (κ1) is 19.3. The van der Waals surface area contributed by atoms with Gasteiger partial charge in [0.1, 0.15) is 5.82 Å². The number of hydrogen-bond donors (Lipinski definition) is 0. The van der Waals surface area contributed by atoms with Crippen molar-refractivity contribution >= 4 is 0 Å². The van der Waals surface area contributed by atoms with Crippen LogP contribution in [-0.2, 0) is 12.8 Å². The molecular weight excluding hydrogens is 357 g/mol. The molecule has 2 aromatic carbocycles. The molecular formula is C25H27F3. The van der Waals surface area contributed by atoms with E-state index in [0.717, 1.165) is 36.3 Å². The number of halogens is 3. The maximum atomic E-state index is 15.2. The molecule has 0 saturated heterocycles. The fourth-order valence-corrected chi connectivity index (χ4v) is 5.24. The van der Waals surface area contributed by atoms with Crippen LogP contribution in [0.25, 0.3) is 11.1 Å². The molecule has 1 fully saturated rings. The molecule has 148 valence electrons. The van der Waals surface area contributed by atoms with Crippen LogP contribution in [0.1, 0.15) is 50.2 Å². The van der Waals surface area contributed by atoms with Gasteiger partial charge >= 0.3 is 0 Å². The van der Waals surface area contributed by atoms with Crippen LogP contribution in [0.5, 0.6) is 0 Å². The van der Waals surface area contributed by atoms with Gasteiger partial charge in [-0.25, -0.2) is 13.2 Å². The lowest BCUT2D eigenvalue weighted by Gasteiger charge is -2.36. The van der Waals surface area contributed by atoms with Crippen molar-refractivity contribution in [3.63, 3.8) is 0 Å². The van der Waals surface area contributed by atoms with E-state index < -0.39 is 11.6 Å². The molecule has 0 nitrogen and oxygen atoms in total. The number of allylic oxidation sites excluding steroid dienone is 2. The highest BCUT2D eigenvalue weighted by Crippen LogP contribution is 2.41. The SMILES string of the molecule is C/C=C/C1CCC(C2CCc3c(ccc(-c4cccc(F)c4F)c3F)C2)CC1. The number of benzene rings is 2. The van der Waals surface area contributed by atoms with Crippen molar-refractivity contribution in [1.82, 2.24) is 0 Å². The molecule has 0 amide bonds. The summed E-state index contributed by atoms with van der Waals surface area (Å²) in [7, 11) is 0. The Labute approximate surface area is 165 Å². The zero-order valence-electron chi connectivity index (χ0n) is 16.4. The van der Waals surface area contributed by atoms with Gasteiger partial charge in [0.25, 0.3) is 0 Å². The third kappa shape index (κ3) is 3.64. The molecule has 3 heteroatoms. The summed E-state index contributed by atoms with van der Waals surface area (Å²) in [6.45, 7) is 2.09. The molecule has 1 atom stereocenters. The first-order valence-electron chi connectivity index (χ1n) is 10.5. The smallest absolute Gasteiger partial charge is 0.166 e. The molecule has 0 spiro atoms. The Bertz CT molecular complexity index is 876. The second kappa shape index (κ2) is 8.14. The van der Waals surface area contributed by atoms with E-state index in [4.69, 9.17) is 0 Å². The van der Waals surface area contributed by atoms with E-state index in [9.17, 15) is 8.78 Å². The van der Waals surface area contributed by atoms with Gasteiger partial charge in [-0.1, -0.05) is 36.4 Å². The highest BCUT2D eigenvalue weighted by atomic mass is 19.2. The first-order chi connectivity index (χ1) is 13.6. The Balaban J connectivity index is 1.53. The van der Waals surface area contributed by atoms with Crippen molar-refractivity contribution < 1.29 is 13.2 Å². The van der Waals surface area contributed by atoms with E-state index in [1.165, 1.54) is 37.8 Å². The number of fused-ring (bicyclic) bond motifs is 1. The van der Waals surface area contributed by atoms with Crippen LogP contribution in [0, 0.1) is 35.2 Å². The van der Waals surface area contributed by atoms with Crippen LogP contribution in [-0.4, -0.2) is 0 Å². The van der Waals surface area contributed by atoms with E-state index in [1.807, 2.05) is 6.07 Å². The average molecular weight is 384 g/mol. The van der Waals surface area contributed by atoms with E-state index in [1.54, 1.807) is 6.07 Å². The normalized spacial score (nSPS) is 25.1. The predicted molar refractivity (Wildman–Crippen MR) is 108 cm³/mol. The van der Waals surface area contributed by atoms with E-state index in [-0.39, 0.29) is 16.9 Å². The van der Waals surface area contributed by atoms with Gasteiger partial charge in [-0.2, -0.15) is 0 Å². The van der Waals surface area contributed by atoms with Gasteiger partial charge in [-0.05, 0) is 86.8 Å². The lowest BCUT2D eigenvalue weighted by molar-refractivity contribution is 0.205. The van der Waals surface area contributed by atoms with Crippen LogP contribution in [0.2, 0.25) is 0 Å². The zero-order valence-corrected chi connectivity index (χ0v) is 16.4. The minimum Gasteiger partial charge on any atom is -0.206 e. The molecule has 1 saturated carbocycles. The highest BCUT2D eigenvalue weighted by molar-refractivity contribution is 5.67. The Hall–Kier alpha value is -2.03. The van der Waals surface area contributed by atoms with Crippen LogP contribution in [0.15, 0.2) is 42.5 Å². The molecule has 0 aliphatic heterocycles. The summed E-state index contributed by atoms with van der Waals surface area (Å²) in [6, 6.07) is 7.47. The highest BCUT2D eigenvalue weighted by Gasteiger charge is 2.31. The molecule has 4 rings (SSSR count). The van der Waals surface area contributed by atoms with Crippen molar-refractivity contribution in [1.29, 1.82) is 0 Å². The second-order valence-corrected chi connectivity index (χ2v) is 8.37. The molecule has 0 bridgehead atoms. The second-order valence-electron chi connectivity index (χ2n) is 8.37. The molecule has 1 unspecified atom stereocenters. The molecule has 28 heavy (non-hydrogen) atoms. The lowest BCUT2D eigenvalue weighted by atomic mass is 9.69. The molecule has 2 aliphatic carbocycles. The van der Waals surface area contributed by atoms with Crippen LogP contribution in [0.4, 0.5) is 13.2 Å². The quantitative estimate of drug-likeness (QED) is 0.489. The summed E-state index contributed by atoms with van der Waals surface area (Å²) < 4.78 is 42.9. The van der Waals surface area contributed by atoms with Crippen molar-refractivity contribution in [2.45, 2.75) is 51.9 Å². The van der Waals surface area contributed by atoms with E-state index in [0.29, 0.717) is 17.9 Å². The van der Waals surface area contributed by atoms with E-state index in [2.05, 4.69) is 19.1 Å². The summed E-state index contributed by atoms with van der Waals surface area (Å²) >= 11 is 0. The van der Waals surface area contributed by atoms with Crippen LogP contribution >= 0.6 is 0 Å². The maximum absolute atomic E-state index is 15.2. The third-order valence-electron chi connectivity index (χ3n) is 6.78. The van der Waals surface area contributed by atoms with E-state index >= 15 is 4.39 Å². The first-order valence-corrected chi connectivity index (χ1v) is 10.5. The molecule has 2 aromatic rings. The van der Waals surface area contributed by atoms with Gasteiger partial charge in [0.05, 0.1) is 0 Å². The van der Waals surface area contributed by atoms with Crippen molar-refractivity contribution in [2.75, 3.05) is 0 Å². The van der Waals surface area contributed by atoms with Crippen molar-refractivity contribution in [3.05, 3.63) is 71.1 Å². The van der Waals surface area contributed by atoms with Crippen molar-refractivity contribution in [3.8, 4) is 11.1 Å². The van der Waals surface area contributed by atoms with Gasteiger partial charge in [-0.15, -0.1) is 0 Å². The molecule has 0 heterocycles. The predicted octanol–water partition coefficient (Wildman–Crippen LogP) is 7.26. The maximum Gasteiger partial charge on any atom is 0.166 e. The van der Waals surface area contributed by atoms with Crippen LogP contribution in [0.3, 0.4) is 0 Å². The Morgan fingerprint density at radius 1 is 0.821 bits per heavy atom. The summed E-state index contributed by atoms with van der Waals surface area (Å²) in [5.41, 5.74) is 1.91. The fraction of sp³-hybridized carbons (Fsp3) is 0.440. The van der Waals surface area contributed by atoms with Gasteiger partial charge in [0.15, 0.2) is 11.6 Å². The number of rotatable bonds is 3. The Morgan fingerprint density at radius 3 is 2.32 bits per heavy atom. The van der Waals surface area contributed by atoms with Gasteiger partial charge < -0.3 is 0 Å². The zero-order chi connectivity index (χ0) is 19.7. The summed E-state index contributed by atoms with van der Waals surface area (Å²) in [5, 5.41) is 0. The van der Waals surface area contributed by atoms with Crippen LogP contribution < -0.4 is 0 Å². The van der Waals surface area contributed by atoms with Crippen molar-refractivity contribution in [2.24, 2.45) is 17.8 Å². The Morgan fingerprint density at radius 2 is 1.57 bits per heavy atom. The average Bonchev–Trinajstić information content (AvgIpc) is 2.71. The molecule has 2 aliphatic rings. The minimum atomic E-state index is -0.979. The fourth-order valence-electron chi connectivity index (χ4n) is 5.24. The summed E-state index contributed by atoms with van der Waals surface area (Å²) in [5.74, 6) is -0.250. The monoisotopic (exact) mass is 384 g/mol. The third-order valence-corrected chi connectivity index (χ3v) is 6.78. The molecule has 0 aromatic heterocycles. The topological polar surface area (TPSA) is 0 Å². The standard InChI is InChI=1S/C25H27F3/c1-2-4-16-7-9-17(10-8-16)18-11-13-20-19(15-18)12-14-22(24(20)27)21-5-3-6-23(26)25(21)28/h2-6,12,14,16-18H,7-11,13,15H2,1H3/b4-2+. The molecule has 0 radical (unpaired) electrons. The lowest BCUT2D eigenvalue weighted by Crippen LogP contribution is -2.26. The summed E-state index contributed by atoms with van der Waals surface area (Å²) in [4.78, 5) is 0. The molecule has 0 N–H and O–H groups in total. The largest absolute Gasteiger partial charge is 0.206 e. The van der Waals surface area contributed by atoms with Gasteiger partial charge in [-0.3, -0.25) is 0 Å². The van der Waals surface area contributed by atoms with Gasteiger partial charge in [0.2, 0.25) is 0 Å². The Kier molecular flexibility index (Phi) is 5.61. The summed E-state index contributed by atoms with van der Waals surface area (Å²) in [6.07, 6.45) is 12.1. The number of hydrogen-bond acceptors (Lipinski definition) is 0.